The minimum Gasteiger partial charge on any atom is -0.479 e. The normalized spacial score (nSPS) is 20.4. The smallest absolute Gasteiger partial charge is 0.181 e. The van der Waals surface area contributed by atoms with E-state index in [1.165, 1.54) is 22.3 Å². The fourth-order valence-corrected chi connectivity index (χ4v) is 3.46. The van der Waals surface area contributed by atoms with Crippen molar-refractivity contribution >= 4 is 5.57 Å². The van der Waals surface area contributed by atoms with Crippen LogP contribution in [0.1, 0.15) is 24.0 Å². The highest BCUT2D eigenvalue weighted by Gasteiger charge is 2.28. The largest absolute Gasteiger partial charge is 0.479 e. The van der Waals surface area contributed by atoms with Gasteiger partial charge in [-0.3, -0.25) is 0 Å². The van der Waals surface area contributed by atoms with Crippen molar-refractivity contribution in [2.45, 2.75) is 12.8 Å². The molecule has 24 heavy (non-hydrogen) atoms. The first-order chi connectivity index (χ1) is 11.7. The van der Waals surface area contributed by atoms with E-state index >= 15 is 0 Å². The third-order valence-electron chi connectivity index (χ3n) is 4.86. The Labute approximate surface area is 145 Å². The molecule has 0 saturated carbocycles. The van der Waals surface area contributed by atoms with Crippen molar-refractivity contribution < 1.29 is 4.74 Å². The number of allylic oxidation sites excluding steroid dienone is 4. The summed E-state index contributed by atoms with van der Waals surface area (Å²) in [5, 5.41) is 3.35. The highest BCUT2D eigenvalue weighted by molar-refractivity contribution is 5.84. The van der Waals surface area contributed by atoms with Crippen molar-refractivity contribution in [2.75, 3.05) is 32.8 Å². The average Bonchev–Trinajstić information content (AvgIpc) is 2.90. The van der Waals surface area contributed by atoms with Crippen LogP contribution in [0.2, 0.25) is 0 Å². The fraction of sp³-hybridized carbons (Fsp3) is 0.333. The highest BCUT2D eigenvalue weighted by atomic mass is 16.5. The Kier molecular flexibility index (Phi) is 5.21. The SMILES string of the molecule is C=C/C=C\C1=C(C)C(COC(=C)N2CCNCC2)c2ccccc21. The number of rotatable bonds is 6. The van der Waals surface area contributed by atoms with E-state index in [0.29, 0.717) is 6.61 Å². The molecule has 1 atom stereocenters. The summed E-state index contributed by atoms with van der Waals surface area (Å²) in [5.74, 6) is 1.07. The molecule has 1 aliphatic heterocycles. The van der Waals surface area contributed by atoms with E-state index in [1.807, 2.05) is 12.2 Å². The molecule has 1 heterocycles. The number of nitrogens with one attached hydrogen (secondary N) is 1. The van der Waals surface area contributed by atoms with E-state index in [9.17, 15) is 0 Å². The molecule has 1 unspecified atom stereocenters. The summed E-state index contributed by atoms with van der Waals surface area (Å²) in [6, 6.07) is 8.59. The Morgan fingerprint density at radius 2 is 2.08 bits per heavy atom. The standard InChI is InChI=1S/C21H26N2O/c1-4-5-8-18-16(2)21(20-10-7-6-9-19(18)20)15-24-17(3)23-13-11-22-12-14-23/h4-10,21-22H,1,3,11-15H2,2H3/b8-5-. The summed E-state index contributed by atoms with van der Waals surface area (Å²) in [4.78, 5) is 2.22. The quantitative estimate of drug-likeness (QED) is 0.638. The molecule has 1 aromatic carbocycles. The molecule has 0 spiro atoms. The summed E-state index contributed by atoms with van der Waals surface area (Å²) in [7, 11) is 0. The molecule has 1 fully saturated rings. The van der Waals surface area contributed by atoms with Crippen molar-refractivity contribution in [2.24, 2.45) is 0 Å². The van der Waals surface area contributed by atoms with E-state index in [0.717, 1.165) is 32.1 Å². The summed E-state index contributed by atoms with van der Waals surface area (Å²) in [6.07, 6.45) is 5.96. The molecular weight excluding hydrogens is 296 g/mol. The molecular formula is C21H26N2O. The van der Waals surface area contributed by atoms with Gasteiger partial charge < -0.3 is 15.0 Å². The second kappa shape index (κ2) is 7.54. The number of ether oxygens (including phenoxy) is 1. The minimum atomic E-state index is 0.283. The van der Waals surface area contributed by atoms with Gasteiger partial charge in [-0.2, -0.15) is 0 Å². The van der Waals surface area contributed by atoms with E-state index < -0.39 is 0 Å². The van der Waals surface area contributed by atoms with E-state index in [1.54, 1.807) is 0 Å². The second-order valence-corrected chi connectivity index (χ2v) is 6.27. The molecule has 3 nitrogen and oxygen atoms in total. The molecule has 3 rings (SSSR count). The van der Waals surface area contributed by atoms with Gasteiger partial charge in [-0.15, -0.1) is 0 Å². The van der Waals surface area contributed by atoms with Crippen molar-refractivity contribution in [3.05, 3.63) is 78.2 Å². The predicted molar refractivity (Wildman–Crippen MR) is 101 cm³/mol. The van der Waals surface area contributed by atoms with Gasteiger partial charge in [0.05, 0.1) is 0 Å². The van der Waals surface area contributed by atoms with Gasteiger partial charge in [0.1, 0.15) is 6.61 Å². The zero-order valence-electron chi connectivity index (χ0n) is 14.4. The summed E-state index contributed by atoms with van der Waals surface area (Å²) < 4.78 is 6.07. The van der Waals surface area contributed by atoms with Crippen LogP contribution < -0.4 is 5.32 Å². The second-order valence-electron chi connectivity index (χ2n) is 6.27. The molecule has 0 radical (unpaired) electrons. The van der Waals surface area contributed by atoms with Gasteiger partial charge in [-0.1, -0.05) is 54.6 Å². The lowest BCUT2D eigenvalue weighted by Crippen LogP contribution is -2.43. The van der Waals surface area contributed by atoms with Gasteiger partial charge in [0.25, 0.3) is 0 Å². The molecule has 2 aliphatic rings. The summed E-state index contributed by atoms with van der Waals surface area (Å²) in [5.41, 5.74) is 5.27. The van der Waals surface area contributed by atoms with Crippen LogP contribution in [0.4, 0.5) is 0 Å². The molecule has 1 aromatic rings. The lowest BCUT2D eigenvalue weighted by molar-refractivity contribution is 0.101. The first-order valence-corrected chi connectivity index (χ1v) is 8.59. The van der Waals surface area contributed by atoms with Crippen LogP contribution >= 0.6 is 0 Å². The van der Waals surface area contributed by atoms with Crippen LogP contribution in [0.5, 0.6) is 0 Å². The maximum absolute atomic E-state index is 6.07. The third-order valence-corrected chi connectivity index (χ3v) is 4.86. The molecule has 126 valence electrons. The van der Waals surface area contributed by atoms with Crippen molar-refractivity contribution in [3.63, 3.8) is 0 Å². The van der Waals surface area contributed by atoms with E-state index in [2.05, 4.69) is 60.6 Å². The van der Waals surface area contributed by atoms with Crippen LogP contribution in [0.3, 0.4) is 0 Å². The third kappa shape index (κ3) is 3.31. The van der Waals surface area contributed by atoms with E-state index in [-0.39, 0.29) is 5.92 Å². The maximum atomic E-state index is 6.07. The molecule has 1 N–H and O–H groups in total. The van der Waals surface area contributed by atoms with Gasteiger partial charge in [0.2, 0.25) is 0 Å². The maximum Gasteiger partial charge on any atom is 0.181 e. The first-order valence-electron chi connectivity index (χ1n) is 8.59. The molecule has 1 aliphatic carbocycles. The van der Waals surface area contributed by atoms with Crippen LogP contribution in [0.25, 0.3) is 5.57 Å². The molecule has 0 amide bonds. The van der Waals surface area contributed by atoms with Crippen LogP contribution in [-0.4, -0.2) is 37.7 Å². The van der Waals surface area contributed by atoms with Crippen LogP contribution in [0, 0.1) is 0 Å². The zero-order valence-corrected chi connectivity index (χ0v) is 14.4. The first kappa shape index (κ1) is 16.6. The lowest BCUT2D eigenvalue weighted by atomic mass is 9.98. The van der Waals surface area contributed by atoms with Gasteiger partial charge >= 0.3 is 0 Å². The summed E-state index contributed by atoms with van der Waals surface area (Å²) >= 11 is 0. The van der Waals surface area contributed by atoms with Crippen molar-refractivity contribution in [1.82, 2.24) is 10.2 Å². The lowest BCUT2D eigenvalue weighted by Gasteiger charge is -2.31. The molecule has 1 saturated heterocycles. The van der Waals surface area contributed by atoms with Gasteiger partial charge in [0.15, 0.2) is 5.88 Å². The average molecular weight is 322 g/mol. The Morgan fingerprint density at radius 3 is 2.83 bits per heavy atom. The Balaban J connectivity index is 1.74. The number of benzene rings is 1. The van der Waals surface area contributed by atoms with Crippen LogP contribution in [0.15, 0.2) is 67.1 Å². The topological polar surface area (TPSA) is 24.5 Å². The number of nitrogens with zero attached hydrogens (tertiary/aromatic N) is 1. The predicted octanol–water partition coefficient (Wildman–Crippen LogP) is 3.69. The minimum absolute atomic E-state index is 0.283. The number of fused-ring (bicyclic) bond motifs is 1. The summed E-state index contributed by atoms with van der Waals surface area (Å²) in [6.45, 7) is 14.6. The molecule has 3 heteroatoms. The zero-order chi connectivity index (χ0) is 16.9. The van der Waals surface area contributed by atoms with Gasteiger partial charge in [0, 0.05) is 32.1 Å². The molecule has 0 bridgehead atoms. The van der Waals surface area contributed by atoms with Crippen molar-refractivity contribution in [3.8, 4) is 0 Å². The fourth-order valence-electron chi connectivity index (χ4n) is 3.46. The Morgan fingerprint density at radius 1 is 1.33 bits per heavy atom. The number of piperazine rings is 1. The van der Waals surface area contributed by atoms with Crippen LogP contribution in [-0.2, 0) is 4.74 Å². The molecule has 0 aromatic heterocycles. The van der Waals surface area contributed by atoms with Gasteiger partial charge in [-0.05, 0) is 30.2 Å². The van der Waals surface area contributed by atoms with E-state index in [4.69, 9.17) is 4.74 Å². The monoisotopic (exact) mass is 322 g/mol. The van der Waals surface area contributed by atoms with Gasteiger partial charge in [-0.25, -0.2) is 0 Å². The number of hydrogen-bond acceptors (Lipinski definition) is 3. The number of hydrogen-bond donors (Lipinski definition) is 1. The Hall–Kier alpha value is -2.26. The highest BCUT2D eigenvalue weighted by Crippen LogP contribution is 2.42. The Bertz CT molecular complexity index is 681. The van der Waals surface area contributed by atoms with Crippen molar-refractivity contribution in [1.29, 1.82) is 0 Å².